The normalized spacial score (nSPS) is 11.1. The third-order valence-electron chi connectivity index (χ3n) is 2.40. The lowest BCUT2D eigenvalue weighted by Crippen LogP contribution is -2.40. The van der Waals surface area contributed by atoms with E-state index < -0.39 is 15.9 Å². The van der Waals surface area contributed by atoms with Crippen molar-refractivity contribution in [2.75, 3.05) is 23.7 Å². The van der Waals surface area contributed by atoms with Crippen LogP contribution in [0.4, 0.5) is 5.69 Å². The monoisotopic (exact) mass is 286 g/mol. The molecule has 106 valence electrons. The number of sulfonamides is 1. The van der Waals surface area contributed by atoms with E-state index in [9.17, 15) is 13.2 Å². The van der Waals surface area contributed by atoms with Gasteiger partial charge >= 0.3 is 0 Å². The number of hydroxylamine groups is 1. The zero-order valence-electron chi connectivity index (χ0n) is 11.2. The van der Waals surface area contributed by atoms with Crippen LogP contribution in [0, 0.1) is 6.92 Å². The maximum absolute atomic E-state index is 11.8. The molecule has 0 aliphatic carbocycles. The summed E-state index contributed by atoms with van der Waals surface area (Å²) in [5, 5.41) is 0. The Morgan fingerprint density at radius 2 is 2.00 bits per heavy atom. The second kappa shape index (κ2) is 6.53. The van der Waals surface area contributed by atoms with Gasteiger partial charge in [0.25, 0.3) is 5.91 Å². The van der Waals surface area contributed by atoms with Gasteiger partial charge in [-0.15, -0.1) is 0 Å². The Bertz CT molecular complexity index is 542. The van der Waals surface area contributed by atoms with Gasteiger partial charge in [-0.3, -0.25) is 13.9 Å². The number of nitrogens with zero attached hydrogens (tertiary/aromatic N) is 1. The fourth-order valence-electron chi connectivity index (χ4n) is 1.54. The number of para-hydroxylation sites is 1. The predicted octanol–water partition coefficient (Wildman–Crippen LogP) is 0.829. The van der Waals surface area contributed by atoms with Crippen LogP contribution in [0.1, 0.15) is 12.5 Å². The molecule has 1 N–H and O–H groups in total. The Kier molecular flexibility index (Phi) is 5.31. The molecule has 0 aliphatic heterocycles. The fraction of sp³-hybridized carbons (Fsp3) is 0.417. The Morgan fingerprint density at radius 1 is 1.37 bits per heavy atom. The van der Waals surface area contributed by atoms with Crippen LogP contribution in [0.5, 0.6) is 0 Å². The number of nitrogens with one attached hydrogen (secondary N) is 1. The highest BCUT2D eigenvalue weighted by Crippen LogP contribution is 2.21. The summed E-state index contributed by atoms with van der Waals surface area (Å²) < 4.78 is 24.6. The summed E-state index contributed by atoms with van der Waals surface area (Å²) in [6, 6.07) is 6.97. The van der Waals surface area contributed by atoms with Crippen LogP contribution in [0.15, 0.2) is 24.3 Å². The van der Waals surface area contributed by atoms with Gasteiger partial charge in [0, 0.05) is 0 Å². The molecule has 0 saturated heterocycles. The average Bonchev–Trinajstić information content (AvgIpc) is 2.33. The number of benzene rings is 1. The van der Waals surface area contributed by atoms with Crippen LogP contribution in [-0.4, -0.2) is 33.7 Å². The van der Waals surface area contributed by atoms with E-state index in [0.29, 0.717) is 12.3 Å². The summed E-state index contributed by atoms with van der Waals surface area (Å²) in [6.45, 7) is 3.50. The third-order valence-corrected chi connectivity index (χ3v) is 3.53. The molecule has 0 saturated carbocycles. The molecule has 0 fully saturated rings. The smallest absolute Gasteiger partial charge is 0.264 e. The molecular formula is C12H18N2O4S. The number of hydrogen-bond donors (Lipinski definition) is 1. The van der Waals surface area contributed by atoms with Gasteiger partial charge in [0.15, 0.2) is 0 Å². The molecule has 0 radical (unpaired) electrons. The molecule has 0 aromatic heterocycles. The van der Waals surface area contributed by atoms with Crippen LogP contribution in [0.25, 0.3) is 0 Å². The lowest BCUT2D eigenvalue weighted by atomic mass is 10.2. The Hall–Kier alpha value is -1.60. The van der Waals surface area contributed by atoms with Crippen molar-refractivity contribution in [1.82, 2.24) is 5.48 Å². The molecule has 1 rings (SSSR count). The van der Waals surface area contributed by atoms with Crippen LogP contribution in [0.3, 0.4) is 0 Å². The molecule has 1 aromatic rings. The van der Waals surface area contributed by atoms with E-state index in [-0.39, 0.29) is 6.54 Å². The third kappa shape index (κ3) is 4.53. The first-order chi connectivity index (χ1) is 8.86. The molecule has 7 heteroatoms. The van der Waals surface area contributed by atoms with E-state index in [1.807, 2.05) is 0 Å². The first kappa shape index (κ1) is 15.5. The second-order valence-electron chi connectivity index (χ2n) is 4.01. The first-order valence-corrected chi connectivity index (χ1v) is 7.65. The number of anilines is 1. The summed E-state index contributed by atoms with van der Waals surface area (Å²) in [7, 11) is -3.54. The molecule has 0 heterocycles. The minimum Gasteiger partial charge on any atom is -0.274 e. The lowest BCUT2D eigenvalue weighted by molar-refractivity contribution is -0.131. The highest BCUT2D eigenvalue weighted by molar-refractivity contribution is 7.92. The summed E-state index contributed by atoms with van der Waals surface area (Å²) >= 11 is 0. The number of hydrogen-bond acceptors (Lipinski definition) is 4. The van der Waals surface area contributed by atoms with Crippen LogP contribution in [0.2, 0.25) is 0 Å². The van der Waals surface area contributed by atoms with Gasteiger partial charge in [-0.05, 0) is 25.5 Å². The maximum Gasteiger partial charge on any atom is 0.264 e. The van der Waals surface area contributed by atoms with E-state index in [4.69, 9.17) is 4.84 Å². The lowest BCUT2D eigenvalue weighted by Gasteiger charge is -2.23. The molecule has 0 unspecified atom stereocenters. The van der Waals surface area contributed by atoms with Crippen molar-refractivity contribution in [2.24, 2.45) is 0 Å². The van der Waals surface area contributed by atoms with Crippen LogP contribution in [-0.2, 0) is 19.7 Å². The SMILES string of the molecule is CCONC(=O)CN(c1ccccc1C)S(C)(=O)=O. The van der Waals surface area contributed by atoms with Gasteiger partial charge in [-0.1, -0.05) is 18.2 Å². The van der Waals surface area contributed by atoms with Gasteiger partial charge in [-0.25, -0.2) is 13.9 Å². The number of rotatable bonds is 6. The fourth-order valence-corrected chi connectivity index (χ4v) is 2.45. The topological polar surface area (TPSA) is 75.7 Å². The van der Waals surface area contributed by atoms with E-state index in [1.165, 1.54) is 0 Å². The minimum absolute atomic E-state index is 0.314. The van der Waals surface area contributed by atoms with Gasteiger partial charge in [0.2, 0.25) is 10.0 Å². The molecular weight excluding hydrogens is 268 g/mol. The minimum atomic E-state index is -3.54. The molecule has 6 nitrogen and oxygen atoms in total. The van der Waals surface area contributed by atoms with E-state index >= 15 is 0 Å². The van der Waals surface area contributed by atoms with Crippen molar-refractivity contribution < 1.29 is 18.0 Å². The van der Waals surface area contributed by atoms with Crippen LogP contribution < -0.4 is 9.79 Å². The Morgan fingerprint density at radius 3 is 2.53 bits per heavy atom. The zero-order chi connectivity index (χ0) is 14.5. The summed E-state index contributed by atoms with van der Waals surface area (Å²) in [5.74, 6) is -0.518. The molecule has 1 amide bonds. The van der Waals surface area contributed by atoms with Crippen LogP contribution >= 0.6 is 0 Å². The van der Waals surface area contributed by atoms with Gasteiger partial charge in [0.1, 0.15) is 6.54 Å². The number of carbonyl (C=O) groups is 1. The van der Waals surface area contributed by atoms with Crippen molar-refractivity contribution in [3.8, 4) is 0 Å². The summed E-state index contributed by atoms with van der Waals surface area (Å²) in [5.41, 5.74) is 3.44. The standard InChI is InChI=1S/C12H18N2O4S/c1-4-18-13-12(15)9-14(19(3,16)17)11-8-6-5-7-10(11)2/h5-8H,4,9H2,1-3H3,(H,13,15). The molecule has 0 bridgehead atoms. The molecule has 19 heavy (non-hydrogen) atoms. The predicted molar refractivity (Wildman–Crippen MR) is 73.1 cm³/mol. The van der Waals surface area contributed by atoms with Crippen molar-refractivity contribution >= 4 is 21.6 Å². The molecule has 1 aromatic carbocycles. The molecule has 0 atom stereocenters. The number of carbonyl (C=O) groups excluding carboxylic acids is 1. The Labute approximate surface area is 113 Å². The number of amides is 1. The molecule has 0 spiro atoms. The Balaban J connectivity index is 2.98. The zero-order valence-corrected chi connectivity index (χ0v) is 12.0. The highest BCUT2D eigenvalue weighted by atomic mass is 32.2. The second-order valence-corrected chi connectivity index (χ2v) is 5.92. The quantitative estimate of drug-likeness (QED) is 0.786. The van der Waals surface area contributed by atoms with Gasteiger partial charge < -0.3 is 0 Å². The first-order valence-electron chi connectivity index (χ1n) is 5.80. The maximum atomic E-state index is 11.8. The average molecular weight is 286 g/mol. The summed E-state index contributed by atoms with van der Waals surface area (Å²) in [4.78, 5) is 16.4. The van der Waals surface area contributed by atoms with Gasteiger partial charge in [0.05, 0.1) is 18.6 Å². The van der Waals surface area contributed by atoms with Crippen molar-refractivity contribution in [1.29, 1.82) is 0 Å². The molecule has 0 aliphatic rings. The van der Waals surface area contributed by atoms with Gasteiger partial charge in [-0.2, -0.15) is 0 Å². The van der Waals surface area contributed by atoms with E-state index in [0.717, 1.165) is 16.1 Å². The highest BCUT2D eigenvalue weighted by Gasteiger charge is 2.21. The summed E-state index contributed by atoms with van der Waals surface area (Å²) in [6.07, 6.45) is 1.06. The van der Waals surface area contributed by atoms with Crippen molar-refractivity contribution in [3.63, 3.8) is 0 Å². The van der Waals surface area contributed by atoms with Crippen molar-refractivity contribution in [2.45, 2.75) is 13.8 Å². The van der Waals surface area contributed by atoms with E-state index in [1.54, 1.807) is 38.1 Å². The van der Waals surface area contributed by atoms with E-state index in [2.05, 4.69) is 5.48 Å². The number of aryl methyl sites for hydroxylation is 1. The largest absolute Gasteiger partial charge is 0.274 e. The van der Waals surface area contributed by atoms with Crippen molar-refractivity contribution in [3.05, 3.63) is 29.8 Å².